The van der Waals surface area contributed by atoms with E-state index in [4.69, 9.17) is 4.42 Å². The van der Waals surface area contributed by atoms with Gasteiger partial charge in [0.05, 0.1) is 23.0 Å². The average molecular weight is 318 g/mol. The first-order chi connectivity index (χ1) is 10.7. The fourth-order valence-corrected chi connectivity index (χ4v) is 4.10. The second-order valence-corrected chi connectivity index (χ2v) is 6.94. The van der Waals surface area contributed by atoms with Gasteiger partial charge in [-0.1, -0.05) is 19.8 Å². The highest BCUT2D eigenvalue weighted by atomic mass is 32.1. The summed E-state index contributed by atoms with van der Waals surface area (Å²) >= 11 is 1.51. The highest BCUT2D eigenvalue weighted by molar-refractivity contribution is 7.13. The summed E-state index contributed by atoms with van der Waals surface area (Å²) < 4.78 is 5.60. The molecule has 2 aromatic rings. The summed E-state index contributed by atoms with van der Waals surface area (Å²) in [5.41, 5.74) is 0.926. The first-order valence-corrected chi connectivity index (χ1v) is 8.83. The fraction of sp³-hybridized carbons (Fsp3) is 0.529. The molecule has 3 heterocycles. The Morgan fingerprint density at radius 3 is 3.05 bits per heavy atom. The summed E-state index contributed by atoms with van der Waals surface area (Å²) in [5.74, 6) is 1.01. The Hall–Kier alpha value is -1.62. The van der Waals surface area contributed by atoms with Crippen molar-refractivity contribution >= 4 is 17.2 Å². The number of aryl methyl sites for hydroxylation is 2. The summed E-state index contributed by atoms with van der Waals surface area (Å²) in [6.07, 6.45) is 6.82. The molecule has 4 nitrogen and oxygen atoms in total. The van der Waals surface area contributed by atoms with Crippen molar-refractivity contribution in [1.82, 2.24) is 9.88 Å². The molecular formula is C17H22N2O2S. The zero-order valence-electron chi connectivity index (χ0n) is 13.2. The predicted octanol–water partition coefficient (Wildman–Crippen LogP) is 4.36. The van der Waals surface area contributed by atoms with Crippen LogP contribution in [0.4, 0.5) is 0 Å². The molecule has 2 aromatic heterocycles. The predicted molar refractivity (Wildman–Crippen MR) is 87.2 cm³/mol. The van der Waals surface area contributed by atoms with Crippen molar-refractivity contribution in [2.75, 3.05) is 6.54 Å². The number of rotatable bonds is 3. The summed E-state index contributed by atoms with van der Waals surface area (Å²) in [7, 11) is 0. The quantitative estimate of drug-likeness (QED) is 0.844. The van der Waals surface area contributed by atoms with Crippen molar-refractivity contribution in [2.45, 2.75) is 52.0 Å². The molecule has 0 bridgehead atoms. The minimum atomic E-state index is 0.0529. The molecule has 0 spiro atoms. The van der Waals surface area contributed by atoms with Crippen LogP contribution in [0, 0.1) is 6.92 Å². The molecule has 3 rings (SSSR count). The van der Waals surface area contributed by atoms with Crippen LogP contribution < -0.4 is 0 Å². The standard InChI is InChI=1S/C17H22N2O2S/c1-3-13-16(22-12(2)18-13)17(20)19-10-6-4-5-8-14(19)15-9-7-11-21-15/h7,9,11,14H,3-6,8,10H2,1-2H3/t14-/m0/s1. The van der Waals surface area contributed by atoms with Crippen molar-refractivity contribution in [3.8, 4) is 0 Å². The number of carbonyl (C=O) groups excluding carboxylic acids is 1. The van der Waals surface area contributed by atoms with Crippen LogP contribution >= 0.6 is 11.3 Å². The molecule has 0 unspecified atom stereocenters. The molecule has 1 amide bonds. The Morgan fingerprint density at radius 1 is 1.45 bits per heavy atom. The van der Waals surface area contributed by atoms with Crippen LogP contribution in [0.25, 0.3) is 0 Å². The Kier molecular flexibility index (Phi) is 4.62. The Morgan fingerprint density at radius 2 is 2.32 bits per heavy atom. The van der Waals surface area contributed by atoms with Gasteiger partial charge in [-0.2, -0.15) is 0 Å². The van der Waals surface area contributed by atoms with E-state index < -0.39 is 0 Å². The Balaban J connectivity index is 1.93. The van der Waals surface area contributed by atoms with Crippen LogP contribution in [0.3, 0.4) is 0 Å². The lowest BCUT2D eigenvalue weighted by Gasteiger charge is -2.28. The Labute approximate surface area is 135 Å². The molecule has 0 aromatic carbocycles. The van der Waals surface area contributed by atoms with Gasteiger partial charge in [-0.05, 0) is 38.3 Å². The van der Waals surface area contributed by atoms with Gasteiger partial charge in [-0.25, -0.2) is 4.98 Å². The van der Waals surface area contributed by atoms with Gasteiger partial charge in [0.1, 0.15) is 10.6 Å². The molecule has 0 N–H and O–H groups in total. The fourth-order valence-electron chi connectivity index (χ4n) is 3.14. The topological polar surface area (TPSA) is 46.3 Å². The van der Waals surface area contributed by atoms with Crippen LogP contribution in [-0.2, 0) is 6.42 Å². The third kappa shape index (κ3) is 2.95. The first kappa shape index (κ1) is 15.3. The molecule has 1 fully saturated rings. The molecule has 1 aliphatic rings. The van der Waals surface area contributed by atoms with Crippen LogP contribution in [0.1, 0.15) is 64.8 Å². The lowest BCUT2D eigenvalue weighted by atomic mass is 10.1. The van der Waals surface area contributed by atoms with Gasteiger partial charge in [-0.3, -0.25) is 4.79 Å². The van der Waals surface area contributed by atoms with Gasteiger partial charge >= 0.3 is 0 Å². The zero-order chi connectivity index (χ0) is 15.5. The number of thiazole rings is 1. The minimum absolute atomic E-state index is 0.0529. The van der Waals surface area contributed by atoms with E-state index in [1.165, 1.54) is 17.8 Å². The SMILES string of the molecule is CCc1nc(C)sc1C(=O)N1CCCCC[C@H]1c1ccco1. The van der Waals surface area contributed by atoms with Gasteiger partial charge in [-0.15, -0.1) is 11.3 Å². The van der Waals surface area contributed by atoms with Crippen molar-refractivity contribution in [3.63, 3.8) is 0 Å². The van der Waals surface area contributed by atoms with E-state index >= 15 is 0 Å². The third-order valence-corrected chi connectivity index (χ3v) is 5.22. The maximum absolute atomic E-state index is 13.1. The smallest absolute Gasteiger partial charge is 0.266 e. The average Bonchev–Trinajstić information content (AvgIpc) is 3.10. The molecule has 0 aliphatic carbocycles. The van der Waals surface area contributed by atoms with E-state index in [1.807, 2.05) is 24.0 Å². The zero-order valence-corrected chi connectivity index (χ0v) is 14.0. The van der Waals surface area contributed by atoms with Crippen LogP contribution in [0.2, 0.25) is 0 Å². The lowest BCUT2D eigenvalue weighted by Crippen LogP contribution is -2.34. The molecule has 22 heavy (non-hydrogen) atoms. The second-order valence-electron chi connectivity index (χ2n) is 5.74. The normalized spacial score (nSPS) is 19.2. The maximum atomic E-state index is 13.1. The maximum Gasteiger partial charge on any atom is 0.266 e. The van der Waals surface area contributed by atoms with Gasteiger partial charge in [0.2, 0.25) is 0 Å². The molecule has 0 radical (unpaired) electrons. The van der Waals surface area contributed by atoms with E-state index in [2.05, 4.69) is 11.9 Å². The van der Waals surface area contributed by atoms with Crippen molar-refractivity contribution in [3.05, 3.63) is 39.7 Å². The number of furan rings is 1. The van der Waals surface area contributed by atoms with Crippen molar-refractivity contribution in [1.29, 1.82) is 0 Å². The number of hydrogen-bond acceptors (Lipinski definition) is 4. The number of likely N-dealkylation sites (tertiary alicyclic amines) is 1. The molecule has 118 valence electrons. The number of carbonyl (C=O) groups is 1. The molecule has 1 saturated heterocycles. The van der Waals surface area contributed by atoms with Gasteiger partial charge in [0, 0.05) is 6.54 Å². The van der Waals surface area contributed by atoms with E-state index in [0.717, 1.165) is 53.6 Å². The molecule has 0 saturated carbocycles. The summed E-state index contributed by atoms with van der Waals surface area (Å²) in [6.45, 7) is 4.81. The monoisotopic (exact) mass is 318 g/mol. The van der Waals surface area contributed by atoms with Crippen molar-refractivity contribution < 1.29 is 9.21 Å². The number of hydrogen-bond donors (Lipinski definition) is 0. The molecule has 5 heteroatoms. The highest BCUT2D eigenvalue weighted by Gasteiger charge is 2.31. The van der Waals surface area contributed by atoms with Crippen LogP contribution in [0.15, 0.2) is 22.8 Å². The van der Waals surface area contributed by atoms with E-state index in [1.54, 1.807) is 6.26 Å². The number of amides is 1. The van der Waals surface area contributed by atoms with Crippen LogP contribution in [0.5, 0.6) is 0 Å². The van der Waals surface area contributed by atoms with E-state index in [9.17, 15) is 4.79 Å². The van der Waals surface area contributed by atoms with Gasteiger partial charge in [0.15, 0.2) is 0 Å². The number of aromatic nitrogens is 1. The van der Waals surface area contributed by atoms with Crippen LogP contribution in [-0.4, -0.2) is 22.3 Å². The summed E-state index contributed by atoms with van der Waals surface area (Å²) in [5, 5.41) is 0.963. The molecule has 1 aliphatic heterocycles. The van der Waals surface area contributed by atoms with E-state index in [0.29, 0.717) is 0 Å². The Bertz CT molecular complexity index is 633. The van der Waals surface area contributed by atoms with E-state index in [-0.39, 0.29) is 11.9 Å². The summed E-state index contributed by atoms with van der Waals surface area (Å²) in [4.78, 5) is 20.4. The molecular weight excluding hydrogens is 296 g/mol. The minimum Gasteiger partial charge on any atom is -0.467 e. The van der Waals surface area contributed by atoms with Crippen molar-refractivity contribution in [2.24, 2.45) is 0 Å². The van der Waals surface area contributed by atoms with Gasteiger partial charge < -0.3 is 9.32 Å². The lowest BCUT2D eigenvalue weighted by molar-refractivity contribution is 0.0662. The highest BCUT2D eigenvalue weighted by Crippen LogP contribution is 2.33. The van der Waals surface area contributed by atoms with Gasteiger partial charge in [0.25, 0.3) is 5.91 Å². The summed E-state index contributed by atoms with van der Waals surface area (Å²) in [6, 6.07) is 3.93. The third-order valence-electron chi connectivity index (χ3n) is 4.22. The number of nitrogens with zero attached hydrogens (tertiary/aromatic N) is 2. The second kappa shape index (κ2) is 6.65. The largest absolute Gasteiger partial charge is 0.467 e. The molecule has 1 atom stereocenters. The first-order valence-electron chi connectivity index (χ1n) is 8.01.